The minimum absolute atomic E-state index is 0.130. The summed E-state index contributed by atoms with van der Waals surface area (Å²) in [6.07, 6.45) is -4.68. The molecule has 5 aromatic rings. The summed E-state index contributed by atoms with van der Waals surface area (Å²) in [5, 5.41) is 4.79. The number of rotatable bonds is 5. The smallest absolute Gasteiger partial charge is 0.433 e. The van der Waals surface area contributed by atoms with E-state index in [9.17, 15) is 13.2 Å². The van der Waals surface area contributed by atoms with E-state index in [2.05, 4.69) is 9.97 Å². The van der Waals surface area contributed by atoms with E-state index < -0.39 is 11.9 Å². The molecule has 0 N–H and O–H groups in total. The predicted octanol–water partition coefficient (Wildman–Crippen LogP) is 7.62. The van der Waals surface area contributed by atoms with Gasteiger partial charge in [0.1, 0.15) is 5.75 Å². The molecular weight excluding hydrogens is 489 g/mol. The number of benzene rings is 3. The Kier molecular flexibility index (Phi) is 6.48. The highest BCUT2D eigenvalue weighted by Crippen LogP contribution is 2.36. The van der Waals surface area contributed by atoms with Gasteiger partial charge in [-0.05, 0) is 63.2 Å². The molecule has 5 rings (SSSR count). The van der Waals surface area contributed by atoms with Gasteiger partial charge in [-0.2, -0.15) is 23.0 Å². The third kappa shape index (κ3) is 4.89. The van der Waals surface area contributed by atoms with Crippen molar-refractivity contribution in [1.82, 2.24) is 19.7 Å². The molecule has 0 aliphatic rings. The van der Waals surface area contributed by atoms with Crippen molar-refractivity contribution < 1.29 is 17.9 Å². The number of ether oxygens (including phenoxy) is 1. The molecule has 0 atom stereocenters. The highest BCUT2D eigenvalue weighted by Gasteiger charge is 2.34. The van der Waals surface area contributed by atoms with Crippen molar-refractivity contribution in [2.24, 2.45) is 0 Å². The Morgan fingerprint density at radius 3 is 1.97 bits per heavy atom. The van der Waals surface area contributed by atoms with Crippen LogP contribution in [0.4, 0.5) is 13.2 Å². The first-order valence-corrected chi connectivity index (χ1v) is 12.0. The van der Waals surface area contributed by atoms with E-state index in [0.29, 0.717) is 22.7 Å². The lowest BCUT2D eigenvalue weighted by Gasteiger charge is -2.13. The van der Waals surface area contributed by atoms with Crippen LogP contribution in [0.25, 0.3) is 39.7 Å². The lowest BCUT2D eigenvalue weighted by atomic mass is 10.0. The molecule has 2 heterocycles. The minimum Gasteiger partial charge on any atom is -0.497 e. The van der Waals surface area contributed by atoms with Crippen LogP contribution in [0.2, 0.25) is 0 Å². The van der Waals surface area contributed by atoms with Crippen LogP contribution in [-0.4, -0.2) is 26.9 Å². The van der Waals surface area contributed by atoms with Gasteiger partial charge in [0.25, 0.3) is 5.95 Å². The molecule has 192 valence electrons. The zero-order valence-corrected chi connectivity index (χ0v) is 21.3. The van der Waals surface area contributed by atoms with Crippen LogP contribution < -0.4 is 4.74 Å². The number of methoxy groups -OCH3 is 1. The molecule has 0 aliphatic carbocycles. The first kappa shape index (κ1) is 25.2. The second kappa shape index (κ2) is 9.78. The minimum atomic E-state index is -4.68. The molecule has 0 radical (unpaired) electrons. The highest BCUT2D eigenvalue weighted by atomic mass is 19.4. The Bertz CT molecular complexity index is 1620. The molecule has 0 aliphatic heterocycles. The maximum Gasteiger partial charge on any atom is 0.433 e. The summed E-state index contributed by atoms with van der Waals surface area (Å²) in [4.78, 5) is 8.51. The predicted molar refractivity (Wildman–Crippen MR) is 141 cm³/mol. The van der Waals surface area contributed by atoms with Gasteiger partial charge in [-0.3, -0.25) is 0 Å². The van der Waals surface area contributed by atoms with Gasteiger partial charge in [0.15, 0.2) is 5.69 Å². The summed E-state index contributed by atoms with van der Waals surface area (Å²) in [7, 11) is 1.53. The van der Waals surface area contributed by atoms with Crippen LogP contribution in [0.3, 0.4) is 0 Å². The van der Waals surface area contributed by atoms with Crippen molar-refractivity contribution in [3.05, 3.63) is 101 Å². The molecule has 0 unspecified atom stereocenters. The van der Waals surface area contributed by atoms with Gasteiger partial charge in [-0.1, -0.05) is 47.5 Å². The first-order valence-electron chi connectivity index (χ1n) is 12.0. The second-order valence-electron chi connectivity index (χ2n) is 9.14. The third-order valence-corrected chi connectivity index (χ3v) is 6.29. The molecule has 2 aromatic heterocycles. The summed E-state index contributed by atoms with van der Waals surface area (Å²) >= 11 is 0. The van der Waals surface area contributed by atoms with Crippen LogP contribution in [-0.2, 0) is 6.18 Å². The second-order valence-corrected chi connectivity index (χ2v) is 9.14. The van der Waals surface area contributed by atoms with Crippen LogP contribution in [0, 0.1) is 20.8 Å². The van der Waals surface area contributed by atoms with E-state index in [1.165, 1.54) is 11.8 Å². The Morgan fingerprint density at radius 1 is 0.737 bits per heavy atom. The molecule has 0 spiro atoms. The summed E-state index contributed by atoms with van der Waals surface area (Å²) in [6, 6.07) is 23.2. The SMILES string of the molecule is COc1ccc(-c2cc(C(F)(F)F)nc(-n3nc(-c4cccc(C)c4)c(C)c3-c3cccc(C)c3)n2)cc1. The van der Waals surface area contributed by atoms with Gasteiger partial charge in [0.2, 0.25) is 0 Å². The van der Waals surface area contributed by atoms with Crippen LogP contribution in [0.1, 0.15) is 22.4 Å². The zero-order chi connectivity index (χ0) is 27.0. The van der Waals surface area contributed by atoms with Gasteiger partial charge in [0.05, 0.1) is 24.2 Å². The summed E-state index contributed by atoms with van der Waals surface area (Å²) in [6.45, 7) is 5.86. The molecule has 0 amide bonds. The molecule has 5 nitrogen and oxygen atoms in total. The molecule has 3 aromatic carbocycles. The van der Waals surface area contributed by atoms with E-state index in [0.717, 1.165) is 33.9 Å². The van der Waals surface area contributed by atoms with Crippen molar-refractivity contribution >= 4 is 0 Å². The number of nitrogens with zero attached hydrogens (tertiary/aromatic N) is 4. The fourth-order valence-corrected chi connectivity index (χ4v) is 4.42. The average Bonchev–Trinajstić information content (AvgIpc) is 3.25. The van der Waals surface area contributed by atoms with Crippen LogP contribution in [0.5, 0.6) is 5.75 Å². The topological polar surface area (TPSA) is 52.8 Å². The average molecular weight is 515 g/mol. The Balaban J connectivity index is 1.79. The van der Waals surface area contributed by atoms with Gasteiger partial charge in [-0.15, -0.1) is 0 Å². The molecule has 0 bridgehead atoms. The number of aryl methyl sites for hydroxylation is 2. The molecule has 8 heteroatoms. The lowest BCUT2D eigenvalue weighted by Crippen LogP contribution is -2.14. The molecule has 38 heavy (non-hydrogen) atoms. The maximum atomic E-state index is 14.0. The van der Waals surface area contributed by atoms with Gasteiger partial charge in [-0.25, -0.2) is 9.97 Å². The Morgan fingerprint density at radius 2 is 1.37 bits per heavy atom. The molecular formula is C30H25F3N4O. The van der Waals surface area contributed by atoms with Crippen molar-refractivity contribution in [2.45, 2.75) is 26.9 Å². The van der Waals surface area contributed by atoms with E-state index in [-0.39, 0.29) is 11.6 Å². The summed E-state index contributed by atoms with van der Waals surface area (Å²) in [5.74, 6) is 0.426. The fraction of sp³-hybridized carbons (Fsp3) is 0.167. The number of halogens is 3. The molecule has 0 fully saturated rings. The molecule has 0 saturated carbocycles. The largest absolute Gasteiger partial charge is 0.497 e. The van der Waals surface area contributed by atoms with Crippen LogP contribution >= 0.6 is 0 Å². The van der Waals surface area contributed by atoms with Gasteiger partial charge >= 0.3 is 6.18 Å². The first-order chi connectivity index (χ1) is 18.1. The van der Waals surface area contributed by atoms with E-state index >= 15 is 0 Å². The van der Waals surface area contributed by atoms with Crippen molar-refractivity contribution in [2.75, 3.05) is 7.11 Å². The van der Waals surface area contributed by atoms with Gasteiger partial charge in [0, 0.05) is 22.3 Å². The number of hydrogen-bond donors (Lipinski definition) is 0. The van der Waals surface area contributed by atoms with Crippen molar-refractivity contribution in [3.63, 3.8) is 0 Å². The normalized spacial score (nSPS) is 11.6. The van der Waals surface area contributed by atoms with E-state index in [4.69, 9.17) is 9.84 Å². The number of aromatic nitrogens is 4. The summed E-state index contributed by atoms with van der Waals surface area (Å²) < 4.78 is 48.7. The summed E-state index contributed by atoms with van der Waals surface area (Å²) in [5.41, 5.74) is 5.40. The zero-order valence-electron chi connectivity index (χ0n) is 21.3. The van der Waals surface area contributed by atoms with Gasteiger partial charge < -0.3 is 4.74 Å². The Labute approximate surface area is 218 Å². The van der Waals surface area contributed by atoms with E-state index in [1.807, 2.05) is 69.3 Å². The number of hydrogen-bond acceptors (Lipinski definition) is 4. The third-order valence-electron chi connectivity index (χ3n) is 6.29. The van der Waals surface area contributed by atoms with Crippen molar-refractivity contribution in [3.8, 4) is 45.5 Å². The van der Waals surface area contributed by atoms with Crippen LogP contribution in [0.15, 0.2) is 78.9 Å². The number of alkyl halides is 3. The monoisotopic (exact) mass is 514 g/mol. The Hall–Kier alpha value is -4.46. The maximum absolute atomic E-state index is 14.0. The van der Waals surface area contributed by atoms with E-state index in [1.54, 1.807) is 24.3 Å². The standard InChI is InChI=1S/C30H25F3N4O/c1-18-7-5-9-22(15-18)27-20(3)28(23-10-6-8-19(2)16-23)37(36-27)29-34-25(17-26(35-29)30(31,32)33)21-11-13-24(38-4)14-12-21/h5-17H,1-4H3. The lowest BCUT2D eigenvalue weighted by molar-refractivity contribution is -0.141. The molecule has 0 saturated heterocycles. The van der Waals surface area contributed by atoms with Crippen molar-refractivity contribution in [1.29, 1.82) is 0 Å². The fourth-order valence-electron chi connectivity index (χ4n) is 4.42. The quantitative estimate of drug-likeness (QED) is 0.242. The highest BCUT2D eigenvalue weighted by molar-refractivity contribution is 5.76.